The Hall–Kier alpha value is -2.53. The van der Waals surface area contributed by atoms with Crippen LogP contribution in [0.3, 0.4) is 0 Å². The van der Waals surface area contributed by atoms with Crippen molar-refractivity contribution >= 4 is 22.8 Å². The fourth-order valence-electron chi connectivity index (χ4n) is 2.50. The number of nitrogens with zero attached hydrogens (tertiary/aromatic N) is 4. The van der Waals surface area contributed by atoms with Crippen LogP contribution in [0.1, 0.15) is 12.0 Å². The third-order valence-corrected chi connectivity index (χ3v) is 4.75. The number of halogens is 3. The highest BCUT2D eigenvalue weighted by molar-refractivity contribution is 7.99. The smallest absolute Gasteiger partial charge is 0.327 e. The van der Waals surface area contributed by atoms with Crippen molar-refractivity contribution in [1.82, 2.24) is 14.5 Å². The van der Waals surface area contributed by atoms with Gasteiger partial charge in [-0.1, -0.05) is 0 Å². The minimum Gasteiger partial charge on any atom is -0.327 e. The van der Waals surface area contributed by atoms with E-state index in [4.69, 9.17) is 5.26 Å². The maximum Gasteiger partial charge on any atom is 0.416 e. The predicted octanol–water partition coefficient (Wildman–Crippen LogP) is 4.66. The summed E-state index contributed by atoms with van der Waals surface area (Å²) in [7, 11) is 1.77. The summed E-state index contributed by atoms with van der Waals surface area (Å²) >= 11 is 1.47. The fraction of sp³-hybridized carbons (Fsp3) is 0.235. The van der Waals surface area contributed by atoms with Crippen LogP contribution in [0.4, 0.5) is 13.2 Å². The van der Waals surface area contributed by atoms with Crippen molar-refractivity contribution in [2.45, 2.75) is 17.5 Å². The SMILES string of the molecule is Cn1c(-c2ccncc2SCCC#N)nc2cc(C(F)(F)F)ccc21. The molecule has 0 fully saturated rings. The molecular weight excluding hydrogens is 349 g/mol. The Balaban J connectivity index is 2.08. The molecule has 0 atom stereocenters. The summed E-state index contributed by atoms with van der Waals surface area (Å²) in [5, 5.41) is 8.67. The maximum absolute atomic E-state index is 12.9. The Labute approximate surface area is 146 Å². The van der Waals surface area contributed by atoms with Crippen molar-refractivity contribution in [2.75, 3.05) is 5.75 Å². The molecule has 25 heavy (non-hydrogen) atoms. The molecule has 8 heteroatoms. The number of aryl methyl sites for hydroxylation is 1. The second-order valence-electron chi connectivity index (χ2n) is 5.32. The lowest BCUT2D eigenvalue weighted by Crippen LogP contribution is -2.04. The Kier molecular flexibility index (Phi) is 4.68. The topological polar surface area (TPSA) is 54.5 Å². The molecule has 0 unspecified atom stereocenters. The minimum absolute atomic E-state index is 0.289. The molecule has 2 heterocycles. The van der Waals surface area contributed by atoms with E-state index in [9.17, 15) is 13.2 Å². The van der Waals surface area contributed by atoms with Crippen LogP contribution in [0.25, 0.3) is 22.4 Å². The highest BCUT2D eigenvalue weighted by atomic mass is 32.2. The van der Waals surface area contributed by atoms with E-state index in [1.807, 2.05) is 0 Å². The highest BCUT2D eigenvalue weighted by Gasteiger charge is 2.31. The van der Waals surface area contributed by atoms with E-state index in [1.165, 1.54) is 17.8 Å². The molecule has 0 radical (unpaired) electrons. The number of pyridine rings is 1. The molecule has 0 amide bonds. The van der Waals surface area contributed by atoms with Gasteiger partial charge in [-0.3, -0.25) is 4.98 Å². The molecule has 4 nitrogen and oxygen atoms in total. The van der Waals surface area contributed by atoms with E-state index in [0.717, 1.165) is 22.6 Å². The van der Waals surface area contributed by atoms with Gasteiger partial charge >= 0.3 is 6.18 Å². The second kappa shape index (κ2) is 6.76. The number of hydrogen-bond donors (Lipinski definition) is 0. The van der Waals surface area contributed by atoms with Gasteiger partial charge in [-0.15, -0.1) is 11.8 Å². The lowest BCUT2D eigenvalue weighted by atomic mass is 10.2. The zero-order valence-electron chi connectivity index (χ0n) is 13.2. The zero-order valence-corrected chi connectivity index (χ0v) is 14.0. The number of thioether (sulfide) groups is 1. The van der Waals surface area contributed by atoms with Crippen LogP contribution < -0.4 is 0 Å². The van der Waals surface area contributed by atoms with Crippen LogP contribution in [-0.4, -0.2) is 20.3 Å². The van der Waals surface area contributed by atoms with Gasteiger partial charge < -0.3 is 4.57 Å². The average molecular weight is 362 g/mol. The Morgan fingerprint density at radius 2 is 2.08 bits per heavy atom. The van der Waals surface area contributed by atoms with Crippen LogP contribution in [0.2, 0.25) is 0 Å². The van der Waals surface area contributed by atoms with E-state index in [-0.39, 0.29) is 5.52 Å². The predicted molar refractivity (Wildman–Crippen MR) is 89.9 cm³/mol. The minimum atomic E-state index is -4.40. The summed E-state index contributed by atoms with van der Waals surface area (Å²) < 4.78 is 40.5. The monoisotopic (exact) mass is 362 g/mol. The van der Waals surface area contributed by atoms with Gasteiger partial charge in [-0.2, -0.15) is 18.4 Å². The first-order valence-electron chi connectivity index (χ1n) is 7.39. The molecule has 0 spiro atoms. The molecule has 0 aliphatic heterocycles. The lowest BCUT2D eigenvalue weighted by Gasteiger charge is -2.08. The third-order valence-electron chi connectivity index (χ3n) is 3.71. The second-order valence-corrected chi connectivity index (χ2v) is 6.46. The number of fused-ring (bicyclic) bond motifs is 1. The van der Waals surface area contributed by atoms with Gasteiger partial charge in [-0.05, 0) is 24.3 Å². The van der Waals surface area contributed by atoms with Crippen LogP contribution in [0.5, 0.6) is 0 Å². The Morgan fingerprint density at radius 3 is 2.80 bits per heavy atom. The van der Waals surface area contributed by atoms with Crippen molar-refractivity contribution in [1.29, 1.82) is 5.26 Å². The van der Waals surface area contributed by atoms with Gasteiger partial charge in [0.15, 0.2) is 0 Å². The number of nitriles is 1. The average Bonchev–Trinajstić information content (AvgIpc) is 2.91. The number of imidazole rings is 1. The summed E-state index contributed by atoms with van der Waals surface area (Å²) in [4.78, 5) is 9.33. The number of rotatable bonds is 4. The highest BCUT2D eigenvalue weighted by Crippen LogP contribution is 2.35. The molecule has 0 saturated heterocycles. The molecule has 0 aliphatic rings. The molecule has 3 aromatic rings. The number of benzene rings is 1. The van der Waals surface area contributed by atoms with E-state index in [0.29, 0.717) is 23.5 Å². The summed E-state index contributed by atoms with van der Waals surface area (Å²) in [5.74, 6) is 1.17. The molecule has 1 aromatic carbocycles. The standard InChI is InChI=1S/C17H13F3N4S/c1-24-14-4-3-11(17(18,19)20)9-13(14)23-16(24)12-5-7-22-10-15(12)25-8-2-6-21/h3-5,7,9-10H,2,8H2,1H3. The summed E-state index contributed by atoms with van der Waals surface area (Å²) in [5.41, 5.74) is 0.970. The largest absolute Gasteiger partial charge is 0.416 e. The van der Waals surface area contributed by atoms with Crippen molar-refractivity contribution in [3.63, 3.8) is 0 Å². The first kappa shape index (κ1) is 17.3. The number of hydrogen-bond acceptors (Lipinski definition) is 4. The Bertz CT molecular complexity index is 957. The van der Waals surface area contributed by atoms with Gasteiger partial charge in [0.05, 0.1) is 22.7 Å². The van der Waals surface area contributed by atoms with Gasteiger partial charge in [0.1, 0.15) is 5.82 Å². The van der Waals surface area contributed by atoms with Crippen LogP contribution in [0.15, 0.2) is 41.6 Å². The molecule has 0 saturated carbocycles. The molecular formula is C17H13F3N4S. The van der Waals surface area contributed by atoms with Crippen molar-refractivity contribution < 1.29 is 13.2 Å². The van der Waals surface area contributed by atoms with E-state index < -0.39 is 11.7 Å². The maximum atomic E-state index is 12.9. The quantitative estimate of drug-likeness (QED) is 0.500. The molecule has 128 valence electrons. The van der Waals surface area contributed by atoms with Crippen molar-refractivity contribution in [3.8, 4) is 17.5 Å². The van der Waals surface area contributed by atoms with E-state index in [1.54, 1.807) is 30.1 Å². The first-order chi connectivity index (χ1) is 11.9. The molecule has 0 N–H and O–H groups in total. The van der Waals surface area contributed by atoms with Crippen LogP contribution >= 0.6 is 11.8 Å². The van der Waals surface area contributed by atoms with Crippen molar-refractivity contribution in [2.24, 2.45) is 7.05 Å². The molecule has 0 aliphatic carbocycles. The fourth-order valence-corrected chi connectivity index (χ4v) is 3.37. The van der Waals surface area contributed by atoms with Gasteiger partial charge in [0.25, 0.3) is 0 Å². The van der Waals surface area contributed by atoms with Gasteiger partial charge in [0, 0.05) is 42.1 Å². The number of aromatic nitrogens is 3. The summed E-state index contributed by atoms with van der Waals surface area (Å²) in [6, 6.07) is 7.41. The van der Waals surface area contributed by atoms with Crippen LogP contribution in [0, 0.1) is 11.3 Å². The molecule has 2 aromatic heterocycles. The lowest BCUT2D eigenvalue weighted by molar-refractivity contribution is -0.137. The summed E-state index contributed by atoms with van der Waals surface area (Å²) in [6.45, 7) is 0. The molecule has 0 bridgehead atoms. The molecule has 3 rings (SSSR count). The normalized spacial score (nSPS) is 11.6. The first-order valence-corrected chi connectivity index (χ1v) is 8.38. The third kappa shape index (κ3) is 3.46. The van der Waals surface area contributed by atoms with Gasteiger partial charge in [0.2, 0.25) is 0 Å². The van der Waals surface area contributed by atoms with E-state index in [2.05, 4.69) is 16.0 Å². The van der Waals surface area contributed by atoms with Gasteiger partial charge in [-0.25, -0.2) is 4.98 Å². The van der Waals surface area contributed by atoms with Crippen LogP contribution in [-0.2, 0) is 13.2 Å². The zero-order chi connectivity index (χ0) is 18.0. The van der Waals surface area contributed by atoms with E-state index >= 15 is 0 Å². The van der Waals surface area contributed by atoms with Crippen molar-refractivity contribution in [3.05, 3.63) is 42.2 Å². The number of alkyl halides is 3. The summed E-state index contributed by atoms with van der Waals surface area (Å²) in [6.07, 6.45) is -0.709. The Morgan fingerprint density at radius 1 is 1.28 bits per heavy atom.